The largest absolute Gasteiger partial charge is 0.432 e. The van der Waals surface area contributed by atoms with Crippen LogP contribution in [0.2, 0.25) is 0 Å². The summed E-state index contributed by atoms with van der Waals surface area (Å²) in [6.07, 6.45) is 1.72. The summed E-state index contributed by atoms with van der Waals surface area (Å²) in [5.41, 5.74) is 5.24. The Balaban J connectivity index is 1.40. The van der Waals surface area contributed by atoms with Crippen LogP contribution in [0.15, 0.2) is 77.3 Å². The molecule has 3 aromatic heterocycles. The summed E-state index contributed by atoms with van der Waals surface area (Å²) in [6, 6.07) is 22.5. The summed E-state index contributed by atoms with van der Waals surface area (Å²) in [5, 5.41) is 4.24. The normalized spacial score (nSPS) is 14.2. The topological polar surface area (TPSA) is 76.3 Å². The standard InChI is InChI=1S/C25H21N5O2/c1-2-5-17(6-3-1)18-8-10-19(11-9-18)27-25-28-21-20-7-4-12-26-24(20)32-22(21)23(29-25)30-13-15-31-16-14-30/h1-12H,13-16H2,(H,27,28,29). The molecule has 4 heterocycles. The Kier molecular flexibility index (Phi) is 4.66. The van der Waals surface area contributed by atoms with Crippen molar-refractivity contribution in [3.05, 3.63) is 72.9 Å². The quantitative estimate of drug-likeness (QED) is 0.435. The third kappa shape index (κ3) is 3.42. The summed E-state index contributed by atoms with van der Waals surface area (Å²) in [5.74, 6) is 1.29. The summed E-state index contributed by atoms with van der Waals surface area (Å²) in [6.45, 7) is 2.82. The first kappa shape index (κ1) is 18.8. The number of nitrogens with zero attached hydrogens (tertiary/aromatic N) is 4. The van der Waals surface area contributed by atoms with Crippen molar-refractivity contribution in [3.63, 3.8) is 0 Å². The predicted molar refractivity (Wildman–Crippen MR) is 125 cm³/mol. The number of morpholine rings is 1. The van der Waals surface area contributed by atoms with Gasteiger partial charge in [0.05, 0.1) is 18.6 Å². The summed E-state index contributed by atoms with van der Waals surface area (Å²) in [4.78, 5) is 16.1. The van der Waals surface area contributed by atoms with Crippen molar-refractivity contribution in [1.82, 2.24) is 15.0 Å². The molecule has 7 nitrogen and oxygen atoms in total. The van der Waals surface area contributed by atoms with E-state index in [4.69, 9.17) is 19.1 Å². The Hall–Kier alpha value is -3.97. The Morgan fingerprint density at radius 1 is 0.812 bits per heavy atom. The summed E-state index contributed by atoms with van der Waals surface area (Å²) in [7, 11) is 0. The molecule has 1 N–H and O–H groups in total. The zero-order chi connectivity index (χ0) is 21.3. The lowest BCUT2D eigenvalue weighted by atomic mass is 10.1. The van der Waals surface area contributed by atoms with Crippen molar-refractivity contribution >= 4 is 39.7 Å². The van der Waals surface area contributed by atoms with Gasteiger partial charge in [0.2, 0.25) is 11.7 Å². The van der Waals surface area contributed by atoms with E-state index in [1.807, 2.05) is 42.5 Å². The van der Waals surface area contributed by atoms with Crippen LogP contribution in [0.3, 0.4) is 0 Å². The average Bonchev–Trinajstić information content (AvgIpc) is 3.24. The van der Waals surface area contributed by atoms with Gasteiger partial charge >= 0.3 is 0 Å². The Morgan fingerprint density at radius 3 is 2.41 bits per heavy atom. The molecule has 32 heavy (non-hydrogen) atoms. The number of ether oxygens (including phenoxy) is 1. The van der Waals surface area contributed by atoms with Gasteiger partial charge < -0.3 is 19.4 Å². The van der Waals surface area contributed by atoms with Crippen molar-refractivity contribution in [2.75, 3.05) is 36.5 Å². The number of nitrogens with one attached hydrogen (secondary N) is 1. The second-order valence-corrected chi connectivity index (χ2v) is 7.67. The predicted octanol–water partition coefficient (Wildman–Crippen LogP) is 5.02. The van der Waals surface area contributed by atoms with Crippen LogP contribution in [0.4, 0.5) is 17.5 Å². The first-order chi connectivity index (χ1) is 15.8. The minimum absolute atomic E-state index is 0.526. The fraction of sp³-hybridized carbons (Fsp3) is 0.160. The van der Waals surface area contributed by atoms with Crippen molar-refractivity contribution in [2.24, 2.45) is 0 Å². The van der Waals surface area contributed by atoms with Crippen LogP contribution >= 0.6 is 0 Å². The maximum absolute atomic E-state index is 6.06. The van der Waals surface area contributed by atoms with Gasteiger partial charge in [-0.1, -0.05) is 42.5 Å². The number of pyridine rings is 1. The van der Waals surface area contributed by atoms with Gasteiger partial charge in [0.1, 0.15) is 5.52 Å². The van der Waals surface area contributed by atoms with Crippen LogP contribution in [0.1, 0.15) is 0 Å². The van der Waals surface area contributed by atoms with Gasteiger partial charge in [-0.3, -0.25) is 0 Å². The van der Waals surface area contributed by atoms with Gasteiger partial charge in [0.25, 0.3) is 0 Å². The highest BCUT2D eigenvalue weighted by molar-refractivity contribution is 6.05. The number of fused-ring (bicyclic) bond motifs is 3. The molecule has 2 aromatic carbocycles. The number of hydrogen-bond acceptors (Lipinski definition) is 7. The van der Waals surface area contributed by atoms with Gasteiger partial charge in [0.15, 0.2) is 11.4 Å². The molecule has 0 spiro atoms. The molecule has 7 heteroatoms. The first-order valence-electron chi connectivity index (χ1n) is 10.7. The first-order valence-corrected chi connectivity index (χ1v) is 10.7. The van der Waals surface area contributed by atoms with Crippen LogP contribution in [0.5, 0.6) is 0 Å². The highest BCUT2D eigenvalue weighted by Gasteiger charge is 2.22. The monoisotopic (exact) mass is 423 g/mol. The molecule has 0 atom stereocenters. The lowest BCUT2D eigenvalue weighted by Crippen LogP contribution is -2.37. The van der Waals surface area contributed by atoms with E-state index in [9.17, 15) is 0 Å². The minimum atomic E-state index is 0.526. The lowest BCUT2D eigenvalue weighted by molar-refractivity contribution is 0.122. The van der Waals surface area contributed by atoms with Crippen LogP contribution < -0.4 is 10.2 Å². The van der Waals surface area contributed by atoms with E-state index in [2.05, 4.69) is 39.5 Å². The van der Waals surface area contributed by atoms with Crippen LogP contribution in [-0.4, -0.2) is 41.3 Å². The number of furan rings is 1. The highest BCUT2D eigenvalue weighted by Crippen LogP contribution is 2.34. The van der Waals surface area contributed by atoms with E-state index in [0.717, 1.165) is 41.1 Å². The molecule has 1 fully saturated rings. The smallest absolute Gasteiger partial charge is 0.230 e. The van der Waals surface area contributed by atoms with Gasteiger partial charge in [-0.15, -0.1) is 0 Å². The van der Waals surface area contributed by atoms with Gasteiger partial charge in [-0.2, -0.15) is 4.98 Å². The van der Waals surface area contributed by atoms with E-state index in [0.29, 0.717) is 30.5 Å². The van der Waals surface area contributed by atoms with Crippen molar-refractivity contribution in [2.45, 2.75) is 0 Å². The van der Waals surface area contributed by atoms with Gasteiger partial charge in [0, 0.05) is 25.0 Å². The number of aromatic nitrogens is 3. The van der Waals surface area contributed by atoms with E-state index >= 15 is 0 Å². The SMILES string of the molecule is c1ccc(-c2ccc(Nc3nc(N4CCOCC4)c4oc5ncccc5c4n3)cc2)cc1. The number of hydrogen-bond donors (Lipinski definition) is 1. The molecule has 0 unspecified atom stereocenters. The Morgan fingerprint density at radius 2 is 1.59 bits per heavy atom. The van der Waals surface area contributed by atoms with Crippen LogP contribution in [0, 0.1) is 0 Å². The van der Waals surface area contributed by atoms with E-state index in [1.165, 1.54) is 5.56 Å². The summed E-state index contributed by atoms with van der Waals surface area (Å²) >= 11 is 0. The number of benzene rings is 2. The van der Waals surface area contributed by atoms with Crippen LogP contribution in [-0.2, 0) is 4.74 Å². The maximum atomic E-state index is 6.06. The third-order valence-corrected chi connectivity index (χ3v) is 5.63. The molecule has 1 aliphatic rings. The van der Waals surface area contributed by atoms with E-state index in [-0.39, 0.29) is 0 Å². The van der Waals surface area contributed by atoms with Gasteiger partial charge in [-0.25, -0.2) is 9.97 Å². The fourth-order valence-corrected chi connectivity index (χ4v) is 4.02. The fourth-order valence-electron chi connectivity index (χ4n) is 4.02. The molecule has 158 valence electrons. The molecule has 0 aliphatic carbocycles. The number of rotatable bonds is 4. The highest BCUT2D eigenvalue weighted by atomic mass is 16.5. The molecule has 0 amide bonds. The number of anilines is 3. The van der Waals surface area contributed by atoms with E-state index in [1.54, 1.807) is 6.20 Å². The molecule has 0 bridgehead atoms. The zero-order valence-electron chi connectivity index (χ0n) is 17.4. The molecule has 1 saturated heterocycles. The van der Waals surface area contributed by atoms with Crippen molar-refractivity contribution < 1.29 is 9.15 Å². The second kappa shape index (κ2) is 7.94. The molecular formula is C25H21N5O2. The zero-order valence-corrected chi connectivity index (χ0v) is 17.4. The Bertz CT molecular complexity index is 1380. The van der Waals surface area contributed by atoms with Crippen molar-refractivity contribution in [3.8, 4) is 11.1 Å². The molecule has 0 saturated carbocycles. The second-order valence-electron chi connectivity index (χ2n) is 7.67. The molecule has 6 rings (SSSR count). The van der Waals surface area contributed by atoms with E-state index < -0.39 is 0 Å². The molecule has 5 aromatic rings. The molecule has 0 radical (unpaired) electrons. The van der Waals surface area contributed by atoms with Crippen LogP contribution in [0.25, 0.3) is 33.3 Å². The Labute approximate surface area is 184 Å². The maximum Gasteiger partial charge on any atom is 0.230 e. The van der Waals surface area contributed by atoms with Gasteiger partial charge in [-0.05, 0) is 35.4 Å². The minimum Gasteiger partial charge on any atom is -0.432 e. The van der Waals surface area contributed by atoms with Crippen molar-refractivity contribution in [1.29, 1.82) is 0 Å². The molecule has 1 aliphatic heterocycles. The lowest BCUT2D eigenvalue weighted by Gasteiger charge is -2.27. The third-order valence-electron chi connectivity index (χ3n) is 5.63. The summed E-state index contributed by atoms with van der Waals surface area (Å²) < 4.78 is 11.6. The average molecular weight is 423 g/mol. The molecular weight excluding hydrogens is 402 g/mol.